The smallest absolute Gasteiger partial charge is 0.242 e. The van der Waals surface area contributed by atoms with Crippen LogP contribution in [0, 0.1) is 5.92 Å². The highest BCUT2D eigenvalue weighted by molar-refractivity contribution is 4.60. The van der Waals surface area contributed by atoms with Crippen LogP contribution in [0.4, 0.5) is 8.78 Å². The van der Waals surface area contributed by atoms with E-state index >= 15 is 0 Å². The van der Waals surface area contributed by atoms with Crippen molar-refractivity contribution in [1.29, 1.82) is 0 Å². The van der Waals surface area contributed by atoms with Gasteiger partial charge in [0.15, 0.2) is 0 Å². The summed E-state index contributed by atoms with van der Waals surface area (Å²) in [5, 5.41) is 2.72. The first kappa shape index (κ1) is 8.82. The number of nitrogens with one attached hydrogen (secondary N) is 1. The molecule has 0 bridgehead atoms. The zero-order valence-corrected chi connectivity index (χ0v) is 5.82. The summed E-state index contributed by atoms with van der Waals surface area (Å²) in [6.07, 6.45) is -1.64. The van der Waals surface area contributed by atoms with Crippen molar-refractivity contribution < 1.29 is 8.78 Å². The summed E-state index contributed by atoms with van der Waals surface area (Å²) < 4.78 is 23.7. The molecular weight excluding hydrogens is 124 g/mol. The molecule has 0 aliphatic heterocycles. The van der Waals surface area contributed by atoms with E-state index in [1.165, 1.54) is 0 Å². The van der Waals surface area contributed by atoms with E-state index in [1.807, 2.05) is 0 Å². The number of hydrogen-bond donors (Lipinski definition) is 1. The van der Waals surface area contributed by atoms with Crippen molar-refractivity contribution in [2.24, 2.45) is 5.92 Å². The lowest BCUT2D eigenvalue weighted by molar-refractivity contribution is 0.0757. The molecule has 0 aromatic rings. The normalized spacial score (nSPS) is 14.3. The van der Waals surface area contributed by atoms with E-state index in [4.69, 9.17) is 0 Å². The summed E-state index contributed by atoms with van der Waals surface area (Å²) >= 11 is 0. The lowest BCUT2D eigenvalue weighted by atomic mass is 10.1. The molecule has 0 amide bonds. The van der Waals surface area contributed by atoms with Crippen LogP contribution in [0.2, 0.25) is 0 Å². The fourth-order valence-electron chi connectivity index (χ4n) is 0.674. The van der Waals surface area contributed by atoms with E-state index in [-0.39, 0.29) is 0 Å². The third-order valence-electron chi connectivity index (χ3n) is 1.35. The summed E-state index contributed by atoms with van der Waals surface area (Å²) in [4.78, 5) is 0. The molecule has 0 saturated heterocycles. The second-order valence-corrected chi connectivity index (χ2v) is 2.06. The van der Waals surface area contributed by atoms with Crippen molar-refractivity contribution in [2.45, 2.75) is 19.8 Å². The van der Waals surface area contributed by atoms with Gasteiger partial charge in [0.25, 0.3) is 0 Å². The Morgan fingerprint density at radius 3 is 2.11 bits per heavy atom. The van der Waals surface area contributed by atoms with Crippen LogP contribution < -0.4 is 5.32 Å². The van der Waals surface area contributed by atoms with Crippen LogP contribution in [0.15, 0.2) is 0 Å². The average Bonchev–Trinajstić information content (AvgIpc) is 1.82. The van der Waals surface area contributed by atoms with Crippen molar-refractivity contribution in [3.63, 3.8) is 0 Å². The van der Waals surface area contributed by atoms with Crippen molar-refractivity contribution in [3.8, 4) is 0 Å². The van der Waals surface area contributed by atoms with Crippen molar-refractivity contribution >= 4 is 0 Å². The minimum Gasteiger partial charge on any atom is -0.319 e. The van der Waals surface area contributed by atoms with E-state index in [2.05, 4.69) is 5.32 Å². The second-order valence-electron chi connectivity index (χ2n) is 2.06. The van der Waals surface area contributed by atoms with Gasteiger partial charge in [-0.05, 0) is 13.5 Å². The van der Waals surface area contributed by atoms with Crippen LogP contribution in [0.1, 0.15) is 13.3 Å². The summed E-state index contributed by atoms with van der Waals surface area (Å²) in [6.45, 7) is 2.18. The Morgan fingerprint density at radius 1 is 1.44 bits per heavy atom. The molecule has 0 aromatic heterocycles. The van der Waals surface area contributed by atoms with Gasteiger partial charge >= 0.3 is 0 Å². The summed E-state index contributed by atoms with van der Waals surface area (Å²) in [7, 11) is 1.69. The first-order chi connectivity index (χ1) is 4.22. The highest BCUT2D eigenvalue weighted by Crippen LogP contribution is 2.11. The van der Waals surface area contributed by atoms with Gasteiger partial charge in [0.2, 0.25) is 6.43 Å². The second kappa shape index (κ2) is 4.68. The van der Waals surface area contributed by atoms with Gasteiger partial charge in [0.1, 0.15) is 0 Å². The van der Waals surface area contributed by atoms with Crippen molar-refractivity contribution in [1.82, 2.24) is 5.32 Å². The van der Waals surface area contributed by atoms with Gasteiger partial charge in [-0.1, -0.05) is 6.92 Å². The number of rotatable bonds is 4. The number of hydrogen-bond acceptors (Lipinski definition) is 1. The van der Waals surface area contributed by atoms with Gasteiger partial charge in [-0.25, -0.2) is 8.78 Å². The highest BCUT2D eigenvalue weighted by atomic mass is 19.3. The molecule has 1 N–H and O–H groups in total. The average molecular weight is 137 g/mol. The Labute approximate surface area is 54.4 Å². The maximum absolute atomic E-state index is 11.8. The minimum absolute atomic E-state index is 0.411. The molecule has 0 saturated carbocycles. The largest absolute Gasteiger partial charge is 0.319 e. The maximum Gasteiger partial charge on any atom is 0.242 e. The first-order valence-electron chi connectivity index (χ1n) is 3.15. The molecule has 0 heterocycles. The van der Waals surface area contributed by atoms with Gasteiger partial charge in [-0.15, -0.1) is 0 Å². The molecule has 1 unspecified atom stereocenters. The Hall–Kier alpha value is -0.180. The van der Waals surface area contributed by atoms with E-state index in [1.54, 1.807) is 14.0 Å². The summed E-state index contributed by atoms with van der Waals surface area (Å²) in [5.41, 5.74) is 0. The molecule has 0 spiro atoms. The molecule has 0 aliphatic carbocycles. The number of halogens is 2. The molecule has 0 aromatic carbocycles. The summed E-state index contributed by atoms with van der Waals surface area (Å²) in [5.74, 6) is -0.477. The Kier molecular flexibility index (Phi) is 4.58. The Bertz CT molecular complexity index is 66.1. The first-order valence-corrected chi connectivity index (χ1v) is 3.15. The van der Waals surface area contributed by atoms with Gasteiger partial charge in [0.05, 0.1) is 0 Å². The molecule has 56 valence electrons. The van der Waals surface area contributed by atoms with E-state index in [9.17, 15) is 8.78 Å². The molecule has 9 heavy (non-hydrogen) atoms. The molecular formula is C6H13F2N. The molecule has 0 rings (SSSR count). The van der Waals surface area contributed by atoms with E-state index in [0.717, 1.165) is 0 Å². The zero-order valence-electron chi connectivity index (χ0n) is 5.82. The fourth-order valence-corrected chi connectivity index (χ4v) is 0.674. The quantitative estimate of drug-likeness (QED) is 0.619. The van der Waals surface area contributed by atoms with Crippen LogP contribution in [-0.2, 0) is 0 Å². The highest BCUT2D eigenvalue weighted by Gasteiger charge is 2.16. The van der Waals surface area contributed by atoms with Gasteiger partial charge in [-0.2, -0.15) is 0 Å². The van der Waals surface area contributed by atoms with Gasteiger partial charge < -0.3 is 5.32 Å². The van der Waals surface area contributed by atoms with Crippen LogP contribution >= 0.6 is 0 Å². The SMILES string of the molecule is CCC(CNC)C(F)F. The van der Waals surface area contributed by atoms with Gasteiger partial charge in [0, 0.05) is 12.5 Å². The number of alkyl halides is 2. The van der Waals surface area contributed by atoms with E-state index < -0.39 is 12.3 Å². The third kappa shape index (κ3) is 3.40. The Balaban J connectivity index is 3.41. The van der Waals surface area contributed by atoms with Crippen molar-refractivity contribution in [3.05, 3.63) is 0 Å². The predicted molar refractivity (Wildman–Crippen MR) is 33.7 cm³/mol. The molecule has 3 heteroatoms. The maximum atomic E-state index is 11.8. The van der Waals surface area contributed by atoms with Crippen LogP contribution in [0.5, 0.6) is 0 Å². The monoisotopic (exact) mass is 137 g/mol. The molecule has 0 aliphatic rings. The zero-order chi connectivity index (χ0) is 7.28. The lowest BCUT2D eigenvalue weighted by Gasteiger charge is -2.11. The Morgan fingerprint density at radius 2 is 2.00 bits per heavy atom. The van der Waals surface area contributed by atoms with Crippen LogP contribution in [-0.4, -0.2) is 20.0 Å². The van der Waals surface area contributed by atoms with Crippen LogP contribution in [0.3, 0.4) is 0 Å². The van der Waals surface area contributed by atoms with Crippen molar-refractivity contribution in [2.75, 3.05) is 13.6 Å². The minimum atomic E-state index is -2.18. The molecule has 0 fully saturated rings. The summed E-state index contributed by atoms with van der Waals surface area (Å²) in [6, 6.07) is 0. The fraction of sp³-hybridized carbons (Fsp3) is 1.00. The van der Waals surface area contributed by atoms with E-state index in [0.29, 0.717) is 13.0 Å². The topological polar surface area (TPSA) is 12.0 Å². The lowest BCUT2D eigenvalue weighted by Crippen LogP contribution is -2.23. The molecule has 1 nitrogen and oxygen atoms in total. The standard InChI is InChI=1S/C6H13F2N/c1-3-5(4-9-2)6(7)8/h5-6,9H,3-4H2,1-2H3. The van der Waals surface area contributed by atoms with Gasteiger partial charge in [-0.3, -0.25) is 0 Å². The third-order valence-corrected chi connectivity index (χ3v) is 1.35. The van der Waals surface area contributed by atoms with Crippen LogP contribution in [0.25, 0.3) is 0 Å². The molecule has 1 atom stereocenters. The molecule has 0 radical (unpaired) electrons. The predicted octanol–water partition coefficient (Wildman–Crippen LogP) is 1.50.